The molecule has 0 aliphatic carbocycles. The fourth-order valence-electron chi connectivity index (χ4n) is 2.36. The van der Waals surface area contributed by atoms with Crippen LogP contribution in [0.25, 0.3) is 0 Å². The van der Waals surface area contributed by atoms with Gasteiger partial charge in [-0.3, -0.25) is 9.58 Å². The number of aryl methyl sites for hydroxylation is 2. The lowest BCUT2D eigenvalue weighted by Crippen LogP contribution is -2.38. The smallest absolute Gasteiger partial charge is 0.131 e. The number of nitrogens with zero attached hydrogens (tertiary/aromatic N) is 3. The van der Waals surface area contributed by atoms with Crippen LogP contribution in [0.5, 0.6) is 0 Å². The molecule has 0 bridgehead atoms. The van der Waals surface area contributed by atoms with Crippen molar-refractivity contribution < 1.29 is 9.47 Å². The Balaban J connectivity index is 1.96. The molecule has 0 saturated carbocycles. The molecule has 5 nitrogen and oxygen atoms in total. The summed E-state index contributed by atoms with van der Waals surface area (Å²) in [6.07, 6.45) is 1.05. The topological polar surface area (TPSA) is 39.5 Å². The van der Waals surface area contributed by atoms with E-state index in [0.29, 0.717) is 19.8 Å². The zero-order valence-corrected chi connectivity index (χ0v) is 12.6. The summed E-state index contributed by atoms with van der Waals surface area (Å²) in [5, 5.41) is 5.16. The molecule has 0 unspecified atom stereocenters. The van der Waals surface area contributed by atoms with Crippen molar-refractivity contribution in [3.05, 3.63) is 16.4 Å². The molecule has 6 heteroatoms. The van der Waals surface area contributed by atoms with Crippen LogP contribution in [0.1, 0.15) is 18.2 Å². The van der Waals surface area contributed by atoms with Gasteiger partial charge in [-0.05, 0) is 13.5 Å². The normalized spacial score (nSPS) is 20.2. The van der Waals surface area contributed by atoms with Crippen LogP contribution in [0.3, 0.4) is 0 Å². The van der Waals surface area contributed by atoms with Crippen LogP contribution in [0.4, 0.5) is 0 Å². The maximum atomic E-state index is 6.30. The molecule has 1 aromatic rings. The molecule has 0 aromatic carbocycles. The van der Waals surface area contributed by atoms with E-state index in [2.05, 4.69) is 24.0 Å². The predicted molar refractivity (Wildman–Crippen MR) is 74.5 cm³/mol. The summed E-state index contributed by atoms with van der Waals surface area (Å²) in [5.74, 6) is 0. The molecule has 1 fully saturated rings. The number of hydrogen-bond donors (Lipinski definition) is 0. The van der Waals surface area contributed by atoms with Gasteiger partial charge in [0.1, 0.15) is 5.15 Å². The molecule has 108 valence electrons. The Morgan fingerprint density at radius 1 is 1.47 bits per heavy atom. The minimum atomic E-state index is 0.152. The molecule has 2 heterocycles. The van der Waals surface area contributed by atoms with Crippen molar-refractivity contribution in [3.8, 4) is 0 Å². The van der Waals surface area contributed by atoms with Crippen molar-refractivity contribution in [2.45, 2.75) is 26.0 Å². The first-order valence-electron chi connectivity index (χ1n) is 6.70. The van der Waals surface area contributed by atoms with Crippen molar-refractivity contribution in [3.63, 3.8) is 0 Å². The number of likely N-dealkylation sites (N-methyl/N-ethyl adjacent to an activating group) is 1. The average molecular weight is 288 g/mol. The van der Waals surface area contributed by atoms with Gasteiger partial charge in [0, 0.05) is 25.7 Å². The fourth-order valence-corrected chi connectivity index (χ4v) is 2.57. The summed E-state index contributed by atoms with van der Waals surface area (Å²) in [4.78, 5) is 2.21. The molecule has 1 aliphatic heterocycles. The summed E-state index contributed by atoms with van der Waals surface area (Å²) in [6.45, 7) is 5.79. The van der Waals surface area contributed by atoms with Crippen molar-refractivity contribution >= 4 is 11.6 Å². The van der Waals surface area contributed by atoms with E-state index in [9.17, 15) is 0 Å². The van der Waals surface area contributed by atoms with Gasteiger partial charge in [0.25, 0.3) is 0 Å². The van der Waals surface area contributed by atoms with E-state index < -0.39 is 0 Å². The van der Waals surface area contributed by atoms with Crippen molar-refractivity contribution in [1.29, 1.82) is 0 Å². The van der Waals surface area contributed by atoms with Gasteiger partial charge in [0.05, 0.1) is 31.6 Å². The fraction of sp³-hybridized carbons (Fsp3) is 0.769. The third kappa shape index (κ3) is 3.69. The second kappa shape index (κ2) is 6.70. The number of ether oxygens (including phenoxy) is 2. The largest absolute Gasteiger partial charge is 0.376 e. The molecule has 2 rings (SSSR count). The quantitative estimate of drug-likeness (QED) is 0.822. The van der Waals surface area contributed by atoms with Crippen LogP contribution in [0.15, 0.2) is 0 Å². The highest BCUT2D eigenvalue weighted by atomic mass is 35.5. The van der Waals surface area contributed by atoms with Crippen LogP contribution in [0, 0.1) is 0 Å². The summed E-state index contributed by atoms with van der Waals surface area (Å²) >= 11 is 6.30. The Morgan fingerprint density at radius 3 is 2.89 bits per heavy atom. The van der Waals surface area contributed by atoms with Crippen molar-refractivity contribution in [2.24, 2.45) is 7.05 Å². The van der Waals surface area contributed by atoms with Crippen LogP contribution in [-0.4, -0.2) is 54.2 Å². The molecular weight excluding hydrogens is 266 g/mol. The SMILES string of the molecule is CCc1nn(C)c(Cl)c1CN(C)C[C@@H]1COCCO1. The molecule has 0 N–H and O–H groups in total. The minimum absolute atomic E-state index is 0.152. The lowest BCUT2D eigenvalue weighted by molar-refractivity contribution is -0.0963. The molecule has 19 heavy (non-hydrogen) atoms. The van der Waals surface area contributed by atoms with Crippen LogP contribution < -0.4 is 0 Å². The first-order chi connectivity index (χ1) is 9.11. The van der Waals surface area contributed by atoms with E-state index >= 15 is 0 Å². The lowest BCUT2D eigenvalue weighted by Gasteiger charge is -2.27. The van der Waals surface area contributed by atoms with Gasteiger partial charge in [0.15, 0.2) is 0 Å². The van der Waals surface area contributed by atoms with Gasteiger partial charge in [-0.1, -0.05) is 18.5 Å². The van der Waals surface area contributed by atoms with E-state index in [1.165, 1.54) is 0 Å². The van der Waals surface area contributed by atoms with Gasteiger partial charge in [-0.25, -0.2) is 0 Å². The molecule has 0 amide bonds. The Bertz CT molecular complexity index is 416. The van der Waals surface area contributed by atoms with Gasteiger partial charge < -0.3 is 9.47 Å². The summed E-state index contributed by atoms with van der Waals surface area (Å²) in [7, 11) is 3.95. The number of halogens is 1. The summed E-state index contributed by atoms with van der Waals surface area (Å²) < 4.78 is 12.8. The van der Waals surface area contributed by atoms with E-state index in [1.807, 2.05) is 7.05 Å². The third-order valence-electron chi connectivity index (χ3n) is 3.32. The predicted octanol–water partition coefficient (Wildman–Crippen LogP) is 1.48. The van der Waals surface area contributed by atoms with E-state index in [4.69, 9.17) is 21.1 Å². The number of hydrogen-bond acceptors (Lipinski definition) is 4. The molecular formula is C13H22ClN3O2. The number of aromatic nitrogens is 2. The summed E-state index contributed by atoms with van der Waals surface area (Å²) in [5.41, 5.74) is 2.19. The first kappa shape index (κ1) is 14.8. The van der Waals surface area contributed by atoms with Crippen molar-refractivity contribution in [1.82, 2.24) is 14.7 Å². The minimum Gasteiger partial charge on any atom is -0.376 e. The average Bonchev–Trinajstić information content (AvgIpc) is 2.67. The zero-order valence-electron chi connectivity index (χ0n) is 11.9. The van der Waals surface area contributed by atoms with E-state index in [-0.39, 0.29) is 6.10 Å². The Hall–Kier alpha value is -0.620. The highest BCUT2D eigenvalue weighted by molar-refractivity contribution is 6.30. The maximum Gasteiger partial charge on any atom is 0.131 e. The lowest BCUT2D eigenvalue weighted by atomic mass is 10.2. The number of rotatable bonds is 5. The molecule has 1 aromatic heterocycles. The molecule has 0 radical (unpaired) electrons. The zero-order chi connectivity index (χ0) is 13.8. The van der Waals surface area contributed by atoms with Gasteiger partial charge in [0.2, 0.25) is 0 Å². The first-order valence-corrected chi connectivity index (χ1v) is 7.07. The van der Waals surface area contributed by atoms with Crippen molar-refractivity contribution in [2.75, 3.05) is 33.4 Å². The standard InChI is InChI=1S/C13H22ClN3O2/c1-4-12-11(13(14)17(3)15-12)8-16(2)7-10-9-18-5-6-19-10/h10H,4-9H2,1-3H3/t10-/m1/s1. The van der Waals surface area contributed by atoms with Gasteiger partial charge >= 0.3 is 0 Å². The summed E-state index contributed by atoms with van der Waals surface area (Å²) in [6, 6.07) is 0. The molecule has 1 atom stereocenters. The van der Waals surface area contributed by atoms with Crippen LogP contribution >= 0.6 is 11.6 Å². The molecule has 1 aliphatic rings. The second-order valence-electron chi connectivity index (χ2n) is 4.96. The van der Waals surface area contributed by atoms with Crippen LogP contribution in [0.2, 0.25) is 5.15 Å². The Morgan fingerprint density at radius 2 is 2.26 bits per heavy atom. The van der Waals surface area contributed by atoms with Gasteiger partial charge in [-0.15, -0.1) is 0 Å². The highest BCUT2D eigenvalue weighted by Crippen LogP contribution is 2.21. The second-order valence-corrected chi connectivity index (χ2v) is 5.32. The highest BCUT2D eigenvalue weighted by Gasteiger charge is 2.19. The maximum absolute atomic E-state index is 6.30. The van der Waals surface area contributed by atoms with Gasteiger partial charge in [-0.2, -0.15) is 5.10 Å². The van der Waals surface area contributed by atoms with E-state index in [0.717, 1.165) is 35.9 Å². The molecule has 0 spiro atoms. The Kier molecular flexibility index (Phi) is 5.21. The molecule has 1 saturated heterocycles. The van der Waals surface area contributed by atoms with Crippen LogP contribution in [-0.2, 0) is 29.5 Å². The van der Waals surface area contributed by atoms with E-state index in [1.54, 1.807) is 4.68 Å². The third-order valence-corrected chi connectivity index (χ3v) is 3.79. The monoisotopic (exact) mass is 287 g/mol. The Labute approximate surface area is 119 Å².